The van der Waals surface area contributed by atoms with Crippen molar-refractivity contribution >= 4 is 27.3 Å². The highest BCUT2D eigenvalue weighted by molar-refractivity contribution is 7.91. The van der Waals surface area contributed by atoms with Gasteiger partial charge in [0, 0.05) is 30.4 Å². The fourth-order valence-corrected chi connectivity index (χ4v) is 4.24. The molecule has 1 aliphatic rings. The number of nitrogens with zero attached hydrogens (tertiary/aromatic N) is 1. The minimum absolute atomic E-state index is 0.0646. The Bertz CT molecular complexity index is 633. The van der Waals surface area contributed by atoms with Crippen LogP contribution in [0.25, 0.3) is 0 Å². The van der Waals surface area contributed by atoms with Crippen LogP contribution in [0.4, 0.5) is 0 Å². The maximum atomic E-state index is 12.2. The van der Waals surface area contributed by atoms with Crippen molar-refractivity contribution in [3.8, 4) is 0 Å². The molecule has 2 rings (SSSR count). The summed E-state index contributed by atoms with van der Waals surface area (Å²) in [7, 11) is -3.07. The summed E-state index contributed by atoms with van der Waals surface area (Å²) < 4.78 is 23.8. The number of hydrogen-bond donors (Lipinski definition) is 1. The molecule has 5 nitrogen and oxygen atoms in total. The number of carbonyl (C=O) groups is 1. The SMILES string of the molecule is CCCS(=O)(=O)CCN1CCNC(=O)C1c1ccccc1Cl. The van der Waals surface area contributed by atoms with Crippen LogP contribution in [0.3, 0.4) is 0 Å². The number of hydrogen-bond acceptors (Lipinski definition) is 4. The van der Waals surface area contributed by atoms with Gasteiger partial charge in [-0.25, -0.2) is 8.42 Å². The summed E-state index contributed by atoms with van der Waals surface area (Å²) in [6.07, 6.45) is 0.608. The maximum absolute atomic E-state index is 12.2. The maximum Gasteiger partial charge on any atom is 0.242 e. The van der Waals surface area contributed by atoms with Gasteiger partial charge in [0.1, 0.15) is 6.04 Å². The van der Waals surface area contributed by atoms with E-state index in [4.69, 9.17) is 11.6 Å². The molecule has 22 heavy (non-hydrogen) atoms. The van der Waals surface area contributed by atoms with Crippen molar-refractivity contribution < 1.29 is 13.2 Å². The predicted molar refractivity (Wildman–Crippen MR) is 87.7 cm³/mol. The molecule has 7 heteroatoms. The first-order chi connectivity index (χ1) is 10.4. The van der Waals surface area contributed by atoms with Gasteiger partial charge in [-0.3, -0.25) is 9.69 Å². The second-order valence-corrected chi connectivity index (χ2v) is 8.11. The molecule has 0 aliphatic carbocycles. The van der Waals surface area contributed by atoms with Crippen LogP contribution < -0.4 is 5.32 Å². The van der Waals surface area contributed by atoms with E-state index in [1.54, 1.807) is 6.07 Å². The molecule has 0 spiro atoms. The zero-order valence-electron chi connectivity index (χ0n) is 12.6. The van der Waals surface area contributed by atoms with E-state index in [0.717, 1.165) is 0 Å². The quantitative estimate of drug-likeness (QED) is 0.852. The molecule has 1 N–H and O–H groups in total. The lowest BCUT2D eigenvalue weighted by atomic mass is 10.0. The number of nitrogens with one attached hydrogen (secondary N) is 1. The van der Waals surface area contributed by atoms with Gasteiger partial charge in [-0.05, 0) is 18.1 Å². The summed E-state index contributed by atoms with van der Waals surface area (Å²) in [6, 6.07) is 6.66. The highest BCUT2D eigenvalue weighted by Gasteiger charge is 2.32. The number of halogens is 1. The van der Waals surface area contributed by atoms with E-state index in [1.165, 1.54) is 0 Å². The Morgan fingerprint density at radius 3 is 2.73 bits per heavy atom. The normalized spacial score (nSPS) is 19.9. The third-order valence-corrected chi connectivity index (χ3v) is 5.90. The third-order valence-electron chi connectivity index (χ3n) is 3.72. The number of carbonyl (C=O) groups excluding carboxylic acids is 1. The molecule has 1 heterocycles. The summed E-state index contributed by atoms with van der Waals surface area (Å²) >= 11 is 6.20. The van der Waals surface area contributed by atoms with Crippen LogP contribution in [0.15, 0.2) is 24.3 Å². The molecule has 0 saturated carbocycles. The van der Waals surface area contributed by atoms with E-state index in [1.807, 2.05) is 30.0 Å². The molecule has 1 aliphatic heterocycles. The lowest BCUT2D eigenvalue weighted by Crippen LogP contribution is -2.51. The topological polar surface area (TPSA) is 66.5 Å². The number of sulfone groups is 1. The molecular weight excluding hydrogens is 324 g/mol. The van der Waals surface area contributed by atoms with Gasteiger partial charge in [0.25, 0.3) is 0 Å². The van der Waals surface area contributed by atoms with Gasteiger partial charge in [-0.2, -0.15) is 0 Å². The summed E-state index contributed by atoms with van der Waals surface area (Å²) in [5, 5.41) is 3.34. The summed E-state index contributed by atoms with van der Waals surface area (Å²) in [6.45, 7) is 3.32. The first-order valence-corrected chi connectivity index (χ1v) is 9.61. The molecule has 0 radical (unpaired) electrons. The molecule has 1 atom stereocenters. The average molecular weight is 345 g/mol. The van der Waals surface area contributed by atoms with Crippen molar-refractivity contribution in [2.45, 2.75) is 19.4 Å². The Hall–Kier alpha value is -1.11. The second kappa shape index (κ2) is 7.44. The number of piperazine rings is 1. The molecule has 0 aromatic heterocycles. The van der Waals surface area contributed by atoms with Gasteiger partial charge in [-0.15, -0.1) is 0 Å². The molecule has 1 unspecified atom stereocenters. The first-order valence-electron chi connectivity index (χ1n) is 7.41. The van der Waals surface area contributed by atoms with Gasteiger partial charge in [0.15, 0.2) is 9.84 Å². The summed E-state index contributed by atoms with van der Waals surface area (Å²) in [4.78, 5) is 14.1. The minimum atomic E-state index is -3.07. The van der Waals surface area contributed by atoms with E-state index >= 15 is 0 Å². The Labute approximate surface area is 136 Å². The van der Waals surface area contributed by atoms with Gasteiger partial charge < -0.3 is 5.32 Å². The minimum Gasteiger partial charge on any atom is -0.353 e. The van der Waals surface area contributed by atoms with E-state index in [9.17, 15) is 13.2 Å². The lowest BCUT2D eigenvalue weighted by Gasteiger charge is -2.35. The summed E-state index contributed by atoms with van der Waals surface area (Å²) in [5.74, 6) is 0.117. The van der Waals surface area contributed by atoms with Crippen LogP contribution in [0.1, 0.15) is 24.9 Å². The van der Waals surface area contributed by atoms with Crippen molar-refractivity contribution in [1.29, 1.82) is 0 Å². The van der Waals surface area contributed by atoms with Crippen LogP contribution in [-0.4, -0.2) is 50.4 Å². The number of amides is 1. The molecular formula is C15H21ClN2O3S. The van der Waals surface area contributed by atoms with Crippen molar-refractivity contribution in [2.75, 3.05) is 31.1 Å². The number of benzene rings is 1. The van der Waals surface area contributed by atoms with Crippen LogP contribution in [-0.2, 0) is 14.6 Å². The van der Waals surface area contributed by atoms with Gasteiger partial charge >= 0.3 is 0 Å². The highest BCUT2D eigenvalue weighted by Crippen LogP contribution is 2.29. The Morgan fingerprint density at radius 2 is 2.05 bits per heavy atom. The van der Waals surface area contributed by atoms with Crippen LogP contribution in [0.5, 0.6) is 0 Å². The largest absolute Gasteiger partial charge is 0.353 e. The van der Waals surface area contributed by atoms with Gasteiger partial charge in [-0.1, -0.05) is 36.7 Å². The molecule has 0 bridgehead atoms. The van der Waals surface area contributed by atoms with Gasteiger partial charge in [0.05, 0.1) is 5.75 Å². The second-order valence-electron chi connectivity index (χ2n) is 5.40. The summed E-state index contributed by atoms with van der Waals surface area (Å²) in [5.41, 5.74) is 0.717. The number of rotatable bonds is 6. The fourth-order valence-electron chi connectivity index (χ4n) is 2.66. The zero-order chi connectivity index (χ0) is 16.2. The fraction of sp³-hybridized carbons (Fsp3) is 0.533. The van der Waals surface area contributed by atoms with Crippen molar-refractivity contribution in [3.63, 3.8) is 0 Å². The van der Waals surface area contributed by atoms with E-state index in [0.29, 0.717) is 36.6 Å². The van der Waals surface area contributed by atoms with Crippen LogP contribution in [0, 0.1) is 0 Å². The van der Waals surface area contributed by atoms with Crippen LogP contribution >= 0.6 is 11.6 Å². The van der Waals surface area contributed by atoms with Gasteiger partial charge in [0.2, 0.25) is 5.91 Å². The zero-order valence-corrected chi connectivity index (χ0v) is 14.2. The molecule has 1 amide bonds. The molecule has 1 fully saturated rings. The van der Waals surface area contributed by atoms with E-state index < -0.39 is 15.9 Å². The molecule has 1 aromatic carbocycles. The first kappa shape index (κ1) is 17.2. The Morgan fingerprint density at radius 1 is 1.32 bits per heavy atom. The molecule has 1 saturated heterocycles. The monoisotopic (exact) mass is 344 g/mol. The molecule has 122 valence electrons. The van der Waals surface area contributed by atoms with E-state index in [-0.39, 0.29) is 17.4 Å². The Balaban J connectivity index is 2.18. The van der Waals surface area contributed by atoms with Crippen molar-refractivity contribution in [3.05, 3.63) is 34.9 Å². The van der Waals surface area contributed by atoms with E-state index in [2.05, 4.69) is 5.32 Å². The van der Waals surface area contributed by atoms with Crippen molar-refractivity contribution in [1.82, 2.24) is 10.2 Å². The average Bonchev–Trinajstić information content (AvgIpc) is 2.46. The standard InChI is InChI=1S/C15H21ClN2O3S/c1-2-10-22(20,21)11-9-18-8-7-17-15(19)14(18)12-5-3-4-6-13(12)16/h3-6,14H,2,7-11H2,1H3,(H,17,19). The smallest absolute Gasteiger partial charge is 0.242 e. The molecule has 1 aromatic rings. The lowest BCUT2D eigenvalue weighted by molar-refractivity contribution is -0.129. The third kappa shape index (κ3) is 4.21. The highest BCUT2D eigenvalue weighted by atomic mass is 35.5. The van der Waals surface area contributed by atoms with Crippen LogP contribution in [0.2, 0.25) is 5.02 Å². The Kier molecular flexibility index (Phi) is 5.83. The van der Waals surface area contributed by atoms with Crippen molar-refractivity contribution in [2.24, 2.45) is 0 Å². The predicted octanol–water partition coefficient (Wildman–Crippen LogP) is 1.64.